The van der Waals surface area contributed by atoms with E-state index in [1.165, 1.54) is 24.5 Å². The van der Waals surface area contributed by atoms with Crippen LogP contribution in [0.4, 0.5) is 0 Å². The van der Waals surface area contributed by atoms with Crippen molar-refractivity contribution in [2.75, 3.05) is 0 Å². The second-order valence-corrected chi connectivity index (χ2v) is 5.70. The van der Waals surface area contributed by atoms with E-state index >= 15 is 0 Å². The fourth-order valence-electron chi connectivity index (χ4n) is 1.73. The van der Waals surface area contributed by atoms with Crippen molar-refractivity contribution < 1.29 is 14.3 Å². The summed E-state index contributed by atoms with van der Waals surface area (Å²) in [5.41, 5.74) is -1.27. The summed E-state index contributed by atoms with van der Waals surface area (Å²) in [6.07, 6.45) is 0.199. The normalized spacial score (nSPS) is 11.7. The van der Waals surface area contributed by atoms with Crippen LogP contribution in [0.3, 0.4) is 0 Å². The average Bonchev–Trinajstić information content (AvgIpc) is 3.01. The van der Waals surface area contributed by atoms with Gasteiger partial charge in [-0.1, -0.05) is 6.07 Å². The molecule has 0 aliphatic rings. The minimum atomic E-state index is -0.985. The Bertz CT molecular complexity index is 793. The molecule has 2 heterocycles. The van der Waals surface area contributed by atoms with Gasteiger partial charge in [-0.05, 0) is 18.4 Å². The maximum atomic E-state index is 11.8. The molecule has 23 heavy (non-hydrogen) atoms. The number of thiophene rings is 1. The van der Waals surface area contributed by atoms with E-state index in [1.807, 2.05) is 22.5 Å². The van der Waals surface area contributed by atoms with Crippen LogP contribution in [-0.2, 0) is 27.4 Å². The first kappa shape index (κ1) is 16.7. The third-order valence-corrected chi connectivity index (χ3v) is 3.77. The van der Waals surface area contributed by atoms with Gasteiger partial charge in [-0.2, -0.15) is 0 Å². The van der Waals surface area contributed by atoms with Crippen molar-refractivity contribution in [2.24, 2.45) is 0 Å². The van der Waals surface area contributed by atoms with Crippen LogP contribution in [0.25, 0.3) is 0 Å². The molecule has 0 aromatic carbocycles. The molecule has 1 atom stereocenters. The van der Waals surface area contributed by atoms with Gasteiger partial charge in [-0.25, -0.2) is 4.79 Å². The van der Waals surface area contributed by atoms with Gasteiger partial charge in [0.05, 0.1) is 6.54 Å². The number of hydrogen-bond acceptors (Lipinski definition) is 6. The molecule has 0 spiro atoms. The first-order valence-corrected chi connectivity index (χ1v) is 7.63. The Balaban J connectivity index is 1.85. The summed E-state index contributed by atoms with van der Waals surface area (Å²) in [6.45, 7) is 1.41. The van der Waals surface area contributed by atoms with Crippen LogP contribution in [0.2, 0.25) is 0 Å². The largest absolute Gasteiger partial charge is 0.451 e. The first-order valence-electron chi connectivity index (χ1n) is 6.75. The highest BCUT2D eigenvalue weighted by molar-refractivity contribution is 7.09. The van der Waals surface area contributed by atoms with Crippen molar-refractivity contribution in [2.45, 2.75) is 26.1 Å². The summed E-state index contributed by atoms with van der Waals surface area (Å²) in [6, 6.07) is 4.87. The first-order chi connectivity index (χ1) is 11.0. The zero-order valence-corrected chi connectivity index (χ0v) is 13.1. The molecule has 9 heteroatoms. The molecule has 122 valence electrons. The zero-order valence-electron chi connectivity index (χ0n) is 12.3. The lowest BCUT2D eigenvalue weighted by Gasteiger charge is -2.13. The molecule has 0 bridgehead atoms. The van der Waals surface area contributed by atoms with E-state index in [0.717, 1.165) is 15.5 Å². The number of amides is 1. The number of aromatic nitrogens is 2. The van der Waals surface area contributed by atoms with Gasteiger partial charge in [0.25, 0.3) is 11.5 Å². The van der Waals surface area contributed by atoms with Crippen LogP contribution < -0.4 is 16.6 Å². The number of carbonyl (C=O) groups is 2. The zero-order chi connectivity index (χ0) is 16.8. The number of rotatable bonds is 6. The van der Waals surface area contributed by atoms with E-state index in [9.17, 15) is 19.2 Å². The number of ether oxygens (including phenoxy) is 1. The van der Waals surface area contributed by atoms with Crippen molar-refractivity contribution >= 4 is 23.2 Å². The minimum absolute atomic E-state index is 0.359. The molecule has 8 nitrogen and oxygen atoms in total. The summed E-state index contributed by atoms with van der Waals surface area (Å²) < 4.78 is 5.96. The number of H-pyrrole nitrogens is 1. The van der Waals surface area contributed by atoms with E-state index in [4.69, 9.17) is 4.74 Å². The van der Waals surface area contributed by atoms with Crippen LogP contribution in [0.1, 0.15) is 11.8 Å². The fraction of sp³-hybridized carbons (Fsp3) is 0.286. The van der Waals surface area contributed by atoms with Gasteiger partial charge in [0.1, 0.15) is 6.54 Å². The van der Waals surface area contributed by atoms with Crippen molar-refractivity contribution in [1.29, 1.82) is 0 Å². The van der Waals surface area contributed by atoms with Gasteiger partial charge in [0.2, 0.25) is 0 Å². The molecular formula is C14H15N3O5S. The molecule has 0 unspecified atom stereocenters. The van der Waals surface area contributed by atoms with Crippen LogP contribution in [0.15, 0.2) is 39.4 Å². The molecule has 0 saturated heterocycles. The highest BCUT2D eigenvalue weighted by Gasteiger charge is 2.18. The average molecular weight is 337 g/mol. The van der Waals surface area contributed by atoms with Crippen LogP contribution in [-0.4, -0.2) is 27.5 Å². The standard InChI is InChI=1S/C14H15N3O5S/c1-9(13(20)15-7-10-3-2-6-23-10)22-12(19)8-17-5-4-11(18)16-14(17)21/h2-6,9H,7-8H2,1H3,(H,15,20)(H,16,18,21)/t9-/m1/s1. The fourth-order valence-corrected chi connectivity index (χ4v) is 2.37. The molecule has 0 radical (unpaired) electrons. The molecule has 1 amide bonds. The summed E-state index contributed by atoms with van der Waals surface area (Å²) in [5, 5.41) is 4.55. The Morgan fingerprint density at radius 3 is 2.83 bits per heavy atom. The minimum Gasteiger partial charge on any atom is -0.451 e. The number of esters is 1. The number of aromatic amines is 1. The lowest BCUT2D eigenvalue weighted by molar-refractivity contribution is -0.155. The lowest BCUT2D eigenvalue weighted by Crippen LogP contribution is -2.37. The molecule has 0 aliphatic heterocycles. The van der Waals surface area contributed by atoms with Gasteiger partial charge in [-0.15, -0.1) is 11.3 Å². The molecule has 0 aliphatic carbocycles. The van der Waals surface area contributed by atoms with E-state index in [0.29, 0.717) is 6.54 Å². The van der Waals surface area contributed by atoms with Crippen molar-refractivity contribution in [3.05, 3.63) is 55.5 Å². The van der Waals surface area contributed by atoms with Gasteiger partial charge in [0, 0.05) is 17.1 Å². The Hall–Kier alpha value is -2.68. The number of hydrogen-bond donors (Lipinski definition) is 2. The van der Waals surface area contributed by atoms with Crippen molar-refractivity contribution in [3.8, 4) is 0 Å². The summed E-state index contributed by atoms with van der Waals surface area (Å²) >= 11 is 1.51. The quantitative estimate of drug-likeness (QED) is 0.712. The second kappa shape index (κ2) is 7.54. The predicted octanol–water partition coefficient (Wildman–Crippen LogP) is -0.154. The van der Waals surface area contributed by atoms with Crippen molar-refractivity contribution in [3.63, 3.8) is 0 Å². The third kappa shape index (κ3) is 4.92. The van der Waals surface area contributed by atoms with Gasteiger partial charge >= 0.3 is 11.7 Å². The van der Waals surface area contributed by atoms with Crippen LogP contribution in [0, 0.1) is 0 Å². The predicted molar refractivity (Wildman–Crippen MR) is 83.0 cm³/mol. The molecule has 2 aromatic heterocycles. The summed E-state index contributed by atoms with van der Waals surface area (Å²) in [5.74, 6) is -1.18. The molecule has 0 saturated carbocycles. The van der Waals surface area contributed by atoms with Crippen LogP contribution >= 0.6 is 11.3 Å². The SMILES string of the molecule is C[C@@H](OC(=O)Cn1ccc(=O)[nH]c1=O)C(=O)NCc1cccs1. The van der Waals surface area contributed by atoms with Crippen LogP contribution in [0.5, 0.6) is 0 Å². The van der Waals surface area contributed by atoms with Gasteiger partial charge in [-0.3, -0.25) is 23.9 Å². The van der Waals surface area contributed by atoms with E-state index in [-0.39, 0.29) is 0 Å². The second-order valence-electron chi connectivity index (χ2n) is 4.67. The van der Waals surface area contributed by atoms with Gasteiger partial charge in [0.15, 0.2) is 6.10 Å². The lowest BCUT2D eigenvalue weighted by atomic mass is 10.3. The maximum absolute atomic E-state index is 11.8. The summed E-state index contributed by atoms with van der Waals surface area (Å²) in [4.78, 5) is 49.0. The van der Waals surface area contributed by atoms with E-state index in [2.05, 4.69) is 5.32 Å². The molecule has 2 aromatic rings. The third-order valence-electron chi connectivity index (χ3n) is 2.89. The smallest absolute Gasteiger partial charge is 0.328 e. The van der Waals surface area contributed by atoms with Crippen molar-refractivity contribution in [1.82, 2.24) is 14.9 Å². The molecular weight excluding hydrogens is 322 g/mol. The molecule has 2 rings (SSSR count). The molecule has 2 N–H and O–H groups in total. The number of nitrogens with zero attached hydrogens (tertiary/aromatic N) is 1. The Labute approximate surface area is 134 Å². The molecule has 0 fully saturated rings. The van der Waals surface area contributed by atoms with Gasteiger partial charge < -0.3 is 10.1 Å². The summed E-state index contributed by atoms with van der Waals surface area (Å²) in [7, 11) is 0. The maximum Gasteiger partial charge on any atom is 0.328 e. The Morgan fingerprint density at radius 2 is 2.17 bits per heavy atom. The Kier molecular flexibility index (Phi) is 5.47. The number of nitrogens with one attached hydrogen (secondary N) is 2. The topological polar surface area (TPSA) is 110 Å². The van der Waals surface area contributed by atoms with E-state index in [1.54, 1.807) is 0 Å². The Morgan fingerprint density at radius 1 is 1.39 bits per heavy atom. The van der Waals surface area contributed by atoms with E-state index < -0.39 is 35.8 Å². The highest BCUT2D eigenvalue weighted by atomic mass is 32.1. The monoisotopic (exact) mass is 337 g/mol. The highest BCUT2D eigenvalue weighted by Crippen LogP contribution is 2.07. The number of carbonyl (C=O) groups excluding carboxylic acids is 2.